The van der Waals surface area contributed by atoms with Gasteiger partial charge < -0.3 is 9.72 Å². The number of fused-ring (bicyclic) bond motifs is 1. The molecule has 148 valence electrons. The molecule has 8 nitrogen and oxygen atoms in total. The normalized spacial score (nSPS) is 11.7. The van der Waals surface area contributed by atoms with Crippen molar-refractivity contribution in [2.24, 2.45) is 5.11 Å². The predicted octanol–water partition coefficient (Wildman–Crippen LogP) is 4.43. The Kier molecular flexibility index (Phi) is 4.71. The molecule has 0 atom stereocenters. The van der Waals surface area contributed by atoms with Gasteiger partial charge in [-0.05, 0) is 23.8 Å². The van der Waals surface area contributed by atoms with Gasteiger partial charge >= 0.3 is 6.18 Å². The van der Waals surface area contributed by atoms with E-state index in [-0.39, 0.29) is 0 Å². The highest BCUT2D eigenvalue weighted by Crippen LogP contribution is 2.28. The quantitative estimate of drug-likeness (QED) is 0.468. The maximum atomic E-state index is 12.5. The molecule has 4 aromatic rings. The predicted molar refractivity (Wildman–Crippen MR) is 98.8 cm³/mol. The number of hydrogen-bond donors (Lipinski definition) is 2. The molecule has 0 aliphatic heterocycles. The summed E-state index contributed by atoms with van der Waals surface area (Å²) in [6.45, 7) is -0.755. The molecule has 0 spiro atoms. The average molecular weight is 400 g/mol. The van der Waals surface area contributed by atoms with Crippen LogP contribution in [0.2, 0.25) is 0 Å². The first-order chi connectivity index (χ1) is 13.9. The lowest BCUT2D eigenvalue weighted by Gasteiger charge is -2.10. The monoisotopic (exact) mass is 400 g/mol. The molecule has 0 unspecified atom stereocenters. The number of halogens is 3. The second kappa shape index (κ2) is 7.34. The molecule has 29 heavy (non-hydrogen) atoms. The summed E-state index contributed by atoms with van der Waals surface area (Å²) in [5.74, 6) is 0.354. The van der Waals surface area contributed by atoms with Crippen molar-refractivity contribution >= 4 is 17.2 Å². The number of rotatable bonds is 6. The number of nitrogens with one attached hydrogen (secondary N) is 2. The Bertz CT molecular complexity index is 1160. The molecule has 4 heterocycles. The molecule has 0 bridgehead atoms. The van der Waals surface area contributed by atoms with Crippen molar-refractivity contribution in [3.8, 4) is 11.3 Å². The number of pyridine rings is 2. The molecule has 4 rings (SSSR count). The van der Waals surface area contributed by atoms with E-state index in [2.05, 4.69) is 25.5 Å². The van der Waals surface area contributed by atoms with Crippen LogP contribution in [0.25, 0.3) is 16.9 Å². The van der Waals surface area contributed by atoms with Crippen LogP contribution in [0.1, 0.15) is 5.56 Å². The molecule has 0 aromatic carbocycles. The Morgan fingerprint density at radius 3 is 2.79 bits per heavy atom. The van der Waals surface area contributed by atoms with Crippen LogP contribution in [0.15, 0.2) is 60.4 Å². The summed E-state index contributed by atoms with van der Waals surface area (Å²) in [6.07, 6.45) is 3.70. The van der Waals surface area contributed by atoms with Crippen LogP contribution in [0.3, 0.4) is 0 Å². The van der Waals surface area contributed by atoms with Gasteiger partial charge in [0.05, 0.1) is 11.9 Å². The summed E-state index contributed by atoms with van der Waals surface area (Å²) in [5, 5.41) is 10.3. The van der Waals surface area contributed by atoms with Crippen LogP contribution in [0, 0.1) is 5.53 Å². The Labute approximate surface area is 162 Å². The lowest BCUT2D eigenvalue weighted by Crippen LogP contribution is -2.17. The third-order valence-electron chi connectivity index (χ3n) is 4.17. The zero-order valence-electron chi connectivity index (χ0n) is 14.9. The first-order valence-electron chi connectivity index (χ1n) is 8.55. The summed E-state index contributed by atoms with van der Waals surface area (Å²) < 4.78 is 40.3. The van der Waals surface area contributed by atoms with E-state index >= 15 is 0 Å². The number of hydrogen-bond acceptors (Lipinski definition) is 6. The molecule has 0 amide bonds. The maximum absolute atomic E-state index is 12.5. The molecule has 0 radical (unpaired) electrons. The third kappa shape index (κ3) is 4.23. The summed E-state index contributed by atoms with van der Waals surface area (Å²) in [6, 6.07) is 6.96. The van der Waals surface area contributed by atoms with Crippen molar-refractivity contribution in [1.29, 1.82) is 5.53 Å². The first kappa shape index (κ1) is 18.6. The first-order valence-corrected chi connectivity index (χ1v) is 8.55. The lowest BCUT2D eigenvalue weighted by molar-refractivity contribution is -0.142. The fraction of sp³-hybridized carbons (Fsp3) is 0.167. The summed E-state index contributed by atoms with van der Waals surface area (Å²) >= 11 is 0. The summed E-state index contributed by atoms with van der Waals surface area (Å²) in [5.41, 5.74) is 10.3. The van der Waals surface area contributed by atoms with Gasteiger partial charge in [-0.25, -0.2) is 15.5 Å². The third-order valence-corrected chi connectivity index (χ3v) is 4.17. The second-order valence-electron chi connectivity index (χ2n) is 6.30. The second-order valence-corrected chi connectivity index (χ2v) is 6.30. The number of anilines is 1. The van der Waals surface area contributed by atoms with Gasteiger partial charge in [0.1, 0.15) is 17.9 Å². The highest BCUT2D eigenvalue weighted by atomic mass is 19.4. The van der Waals surface area contributed by atoms with Gasteiger partial charge in [-0.1, -0.05) is 6.07 Å². The van der Waals surface area contributed by atoms with Gasteiger partial charge in [-0.15, -0.1) is 0 Å². The van der Waals surface area contributed by atoms with E-state index < -0.39 is 12.7 Å². The SMILES string of the molecule is N=Nc1ccc(-c2cnn(CC(F)(F)F)c2)nc1NCc1ccc2nccn2c1. The van der Waals surface area contributed by atoms with Crippen LogP contribution < -0.4 is 5.32 Å². The van der Waals surface area contributed by atoms with E-state index in [0.717, 1.165) is 15.9 Å². The van der Waals surface area contributed by atoms with Crippen LogP contribution >= 0.6 is 0 Å². The van der Waals surface area contributed by atoms with Crippen LogP contribution in [-0.2, 0) is 13.1 Å². The number of imidazole rings is 1. The van der Waals surface area contributed by atoms with Gasteiger partial charge in [-0.3, -0.25) is 4.68 Å². The molecule has 2 N–H and O–H groups in total. The van der Waals surface area contributed by atoms with Gasteiger partial charge in [0.25, 0.3) is 0 Å². The number of alkyl halides is 3. The van der Waals surface area contributed by atoms with Crippen molar-refractivity contribution < 1.29 is 13.2 Å². The fourth-order valence-corrected chi connectivity index (χ4v) is 2.86. The topological polar surface area (TPSA) is 96.2 Å². The van der Waals surface area contributed by atoms with E-state index in [9.17, 15) is 13.2 Å². The Hall–Kier alpha value is -3.76. The molecule has 0 saturated carbocycles. The molecule has 0 aliphatic carbocycles. The van der Waals surface area contributed by atoms with Crippen molar-refractivity contribution in [2.75, 3.05) is 5.32 Å². The fourth-order valence-electron chi connectivity index (χ4n) is 2.86. The Balaban J connectivity index is 1.55. The molecule has 0 saturated heterocycles. The maximum Gasteiger partial charge on any atom is 0.408 e. The summed E-state index contributed by atoms with van der Waals surface area (Å²) in [4.78, 5) is 8.60. The molecular formula is C18H15F3N8. The molecule has 0 fully saturated rings. The van der Waals surface area contributed by atoms with E-state index in [0.29, 0.717) is 29.3 Å². The standard InChI is InChI=1S/C18H15F3N8/c19-18(20,21)11-29-10-13(8-25-29)14-2-3-15(27-22)17(26-14)24-7-12-1-4-16-23-5-6-28(16)9-12/h1-6,8-10,22H,7,11H2,(H,24,26). The molecular weight excluding hydrogens is 385 g/mol. The smallest absolute Gasteiger partial charge is 0.364 e. The highest BCUT2D eigenvalue weighted by Gasteiger charge is 2.28. The summed E-state index contributed by atoms with van der Waals surface area (Å²) in [7, 11) is 0. The van der Waals surface area contributed by atoms with Gasteiger partial charge in [-0.2, -0.15) is 23.4 Å². The molecule has 0 aliphatic rings. The average Bonchev–Trinajstić information content (AvgIpc) is 3.33. The van der Waals surface area contributed by atoms with Gasteiger partial charge in [0, 0.05) is 36.9 Å². The van der Waals surface area contributed by atoms with E-state index in [4.69, 9.17) is 5.53 Å². The lowest BCUT2D eigenvalue weighted by atomic mass is 10.2. The van der Waals surface area contributed by atoms with E-state index in [1.54, 1.807) is 18.3 Å². The minimum absolute atomic E-state index is 0.320. The minimum atomic E-state index is -4.35. The Morgan fingerprint density at radius 2 is 2.00 bits per heavy atom. The van der Waals surface area contributed by atoms with Crippen molar-refractivity contribution in [3.05, 3.63) is 60.8 Å². The largest absolute Gasteiger partial charge is 0.408 e. The van der Waals surface area contributed by atoms with Gasteiger partial charge in [0.15, 0.2) is 5.82 Å². The zero-order chi connectivity index (χ0) is 20.4. The van der Waals surface area contributed by atoms with Crippen LogP contribution in [0.5, 0.6) is 0 Å². The van der Waals surface area contributed by atoms with Crippen molar-refractivity contribution in [2.45, 2.75) is 19.3 Å². The highest BCUT2D eigenvalue weighted by molar-refractivity contribution is 5.67. The molecule has 4 aromatic heterocycles. The van der Waals surface area contributed by atoms with Crippen LogP contribution in [0.4, 0.5) is 24.7 Å². The minimum Gasteiger partial charge on any atom is -0.364 e. The van der Waals surface area contributed by atoms with E-state index in [1.165, 1.54) is 12.4 Å². The van der Waals surface area contributed by atoms with Crippen molar-refractivity contribution in [3.63, 3.8) is 0 Å². The van der Waals surface area contributed by atoms with Crippen molar-refractivity contribution in [1.82, 2.24) is 24.1 Å². The van der Waals surface area contributed by atoms with Gasteiger partial charge in [0.2, 0.25) is 0 Å². The molecule has 11 heteroatoms. The number of nitrogens with zero attached hydrogens (tertiary/aromatic N) is 6. The zero-order valence-corrected chi connectivity index (χ0v) is 14.9. The van der Waals surface area contributed by atoms with E-state index in [1.807, 2.05) is 28.9 Å². The van der Waals surface area contributed by atoms with Crippen LogP contribution in [-0.4, -0.2) is 30.3 Å². The number of aromatic nitrogens is 5. The Morgan fingerprint density at radius 1 is 1.14 bits per heavy atom.